The number of benzene rings is 1. The Kier molecular flexibility index (Phi) is 3.57. The number of anilines is 1. The van der Waals surface area contributed by atoms with Gasteiger partial charge in [0.1, 0.15) is 5.75 Å². The fraction of sp³-hybridized carbons (Fsp3) is 0.438. The standard InChI is InChI=1S/C16H18FNO3/c1-20-14-8-15(21-2)13(7-12(14)17)18-16(19)11-6-9-3-4-10(11)5-9/h3-4,7-11H,5-6H2,1-2H3,(H,18,19). The van der Waals surface area contributed by atoms with Crippen LogP contribution in [0.3, 0.4) is 0 Å². The number of ether oxygens (including phenoxy) is 2. The van der Waals surface area contributed by atoms with Gasteiger partial charge in [0, 0.05) is 18.1 Å². The highest BCUT2D eigenvalue weighted by atomic mass is 19.1. The van der Waals surface area contributed by atoms with Crippen LogP contribution < -0.4 is 14.8 Å². The van der Waals surface area contributed by atoms with Gasteiger partial charge in [-0.05, 0) is 24.7 Å². The van der Waals surface area contributed by atoms with Crippen LogP contribution in [0.15, 0.2) is 24.3 Å². The summed E-state index contributed by atoms with van der Waals surface area (Å²) in [5.74, 6) is 0.670. The first-order valence-corrected chi connectivity index (χ1v) is 7.03. The molecule has 5 heteroatoms. The van der Waals surface area contributed by atoms with E-state index in [1.54, 1.807) is 0 Å². The van der Waals surface area contributed by atoms with Crippen molar-refractivity contribution in [2.45, 2.75) is 12.8 Å². The minimum absolute atomic E-state index is 0.0325. The van der Waals surface area contributed by atoms with Crippen molar-refractivity contribution in [2.75, 3.05) is 19.5 Å². The predicted octanol–water partition coefficient (Wildman–Crippen LogP) is 2.99. The van der Waals surface area contributed by atoms with E-state index in [-0.39, 0.29) is 17.6 Å². The number of rotatable bonds is 4. The average Bonchev–Trinajstić information content (AvgIpc) is 3.10. The molecule has 0 aliphatic heterocycles. The molecular formula is C16H18FNO3. The van der Waals surface area contributed by atoms with Crippen molar-refractivity contribution < 1.29 is 18.7 Å². The second kappa shape index (κ2) is 5.39. The summed E-state index contributed by atoms with van der Waals surface area (Å²) in [6.07, 6.45) is 6.21. The van der Waals surface area contributed by atoms with Crippen molar-refractivity contribution in [3.8, 4) is 11.5 Å². The third kappa shape index (κ3) is 2.48. The molecule has 1 aromatic carbocycles. The largest absolute Gasteiger partial charge is 0.494 e. The van der Waals surface area contributed by atoms with Crippen molar-refractivity contribution in [2.24, 2.45) is 17.8 Å². The summed E-state index contributed by atoms with van der Waals surface area (Å²) in [5, 5.41) is 2.79. The molecule has 21 heavy (non-hydrogen) atoms. The average molecular weight is 291 g/mol. The van der Waals surface area contributed by atoms with E-state index in [0.717, 1.165) is 12.8 Å². The summed E-state index contributed by atoms with van der Waals surface area (Å²) in [7, 11) is 2.86. The van der Waals surface area contributed by atoms with Gasteiger partial charge in [-0.1, -0.05) is 12.2 Å². The topological polar surface area (TPSA) is 47.6 Å². The lowest BCUT2D eigenvalue weighted by molar-refractivity contribution is -0.120. The second-order valence-corrected chi connectivity index (χ2v) is 5.56. The molecule has 1 fully saturated rings. The third-order valence-corrected chi connectivity index (χ3v) is 4.35. The molecular weight excluding hydrogens is 273 g/mol. The summed E-state index contributed by atoms with van der Waals surface area (Å²) in [4.78, 5) is 12.4. The Bertz CT molecular complexity index is 599. The van der Waals surface area contributed by atoms with E-state index in [9.17, 15) is 9.18 Å². The van der Waals surface area contributed by atoms with Gasteiger partial charge in [-0.2, -0.15) is 0 Å². The molecule has 2 aliphatic rings. The molecule has 0 heterocycles. The summed E-state index contributed by atoms with van der Waals surface area (Å²) < 4.78 is 23.9. The molecule has 0 radical (unpaired) electrons. The summed E-state index contributed by atoms with van der Waals surface area (Å²) in [5.41, 5.74) is 0.340. The van der Waals surface area contributed by atoms with Gasteiger partial charge in [-0.15, -0.1) is 0 Å². The molecule has 1 aromatic rings. The molecule has 3 unspecified atom stereocenters. The number of fused-ring (bicyclic) bond motifs is 2. The number of carbonyl (C=O) groups is 1. The lowest BCUT2D eigenvalue weighted by Crippen LogP contribution is -2.26. The van der Waals surface area contributed by atoms with Crippen molar-refractivity contribution in [3.05, 3.63) is 30.1 Å². The van der Waals surface area contributed by atoms with Gasteiger partial charge in [0.05, 0.1) is 19.9 Å². The van der Waals surface area contributed by atoms with Crippen LogP contribution >= 0.6 is 0 Å². The van der Waals surface area contributed by atoms with E-state index in [0.29, 0.717) is 23.3 Å². The molecule has 2 aliphatic carbocycles. The monoisotopic (exact) mass is 291 g/mol. The number of carbonyl (C=O) groups excluding carboxylic acids is 1. The second-order valence-electron chi connectivity index (χ2n) is 5.56. The zero-order valence-electron chi connectivity index (χ0n) is 12.1. The molecule has 112 valence electrons. The molecule has 1 amide bonds. The zero-order valence-corrected chi connectivity index (χ0v) is 12.1. The maximum atomic E-state index is 13.8. The molecule has 2 bridgehead atoms. The molecule has 0 saturated heterocycles. The van der Waals surface area contributed by atoms with Crippen LogP contribution in [0.5, 0.6) is 11.5 Å². The van der Waals surface area contributed by atoms with Crippen molar-refractivity contribution in [3.63, 3.8) is 0 Å². The molecule has 3 atom stereocenters. The molecule has 4 nitrogen and oxygen atoms in total. The molecule has 3 rings (SSSR count). The smallest absolute Gasteiger partial charge is 0.228 e. The van der Waals surface area contributed by atoms with Crippen LogP contribution in [0.25, 0.3) is 0 Å². The summed E-state index contributed by atoms with van der Waals surface area (Å²) >= 11 is 0. The third-order valence-electron chi connectivity index (χ3n) is 4.35. The fourth-order valence-corrected chi connectivity index (χ4v) is 3.27. The number of allylic oxidation sites excluding steroid dienone is 2. The van der Waals surface area contributed by atoms with Crippen LogP contribution in [0.1, 0.15) is 12.8 Å². The normalized spacial score (nSPS) is 26.0. The summed E-state index contributed by atoms with van der Waals surface area (Å²) in [6.45, 7) is 0. The maximum absolute atomic E-state index is 13.8. The molecule has 1 N–H and O–H groups in total. The van der Waals surface area contributed by atoms with Gasteiger partial charge >= 0.3 is 0 Å². The van der Waals surface area contributed by atoms with Gasteiger partial charge in [0.25, 0.3) is 0 Å². The van der Waals surface area contributed by atoms with E-state index in [1.165, 1.54) is 26.4 Å². The van der Waals surface area contributed by atoms with E-state index in [4.69, 9.17) is 9.47 Å². The Labute approximate surface area is 122 Å². The minimum Gasteiger partial charge on any atom is -0.494 e. The minimum atomic E-state index is -0.526. The fourth-order valence-electron chi connectivity index (χ4n) is 3.27. The Hall–Kier alpha value is -2.04. The molecule has 0 aromatic heterocycles. The van der Waals surface area contributed by atoms with E-state index >= 15 is 0 Å². The number of hydrogen-bond donors (Lipinski definition) is 1. The number of amides is 1. The predicted molar refractivity (Wildman–Crippen MR) is 77.0 cm³/mol. The Morgan fingerprint density at radius 1 is 1.19 bits per heavy atom. The number of halogens is 1. The summed E-state index contributed by atoms with van der Waals surface area (Å²) in [6, 6.07) is 2.67. The van der Waals surface area contributed by atoms with Crippen molar-refractivity contribution >= 4 is 11.6 Å². The van der Waals surface area contributed by atoms with Gasteiger partial charge in [-0.25, -0.2) is 4.39 Å². The van der Waals surface area contributed by atoms with Crippen molar-refractivity contribution in [1.29, 1.82) is 0 Å². The first-order chi connectivity index (χ1) is 10.1. The van der Waals surface area contributed by atoms with Gasteiger partial charge in [0.2, 0.25) is 5.91 Å². The van der Waals surface area contributed by atoms with Crippen LogP contribution in [0, 0.1) is 23.6 Å². The van der Waals surface area contributed by atoms with Gasteiger partial charge in [0.15, 0.2) is 11.6 Å². The number of methoxy groups -OCH3 is 2. The van der Waals surface area contributed by atoms with Crippen LogP contribution in [-0.2, 0) is 4.79 Å². The molecule has 1 saturated carbocycles. The lowest BCUT2D eigenvalue weighted by atomic mass is 9.93. The Morgan fingerprint density at radius 2 is 1.95 bits per heavy atom. The first-order valence-electron chi connectivity index (χ1n) is 7.03. The highest BCUT2D eigenvalue weighted by Gasteiger charge is 2.39. The van der Waals surface area contributed by atoms with Crippen molar-refractivity contribution in [1.82, 2.24) is 0 Å². The Balaban J connectivity index is 1.79. The lowest BCUT2D eigenvalue weighted by Gasteiger charge is -2.19. The molecule has 0 spiro atoms. The first kappa shape index (κ1) is 13.9. The van der Waals surface area contributed by atoms with Crippen LogP contribution in [-0.4, -0.2) is 20.1 Å². The maximum Gasteiger partial charge on any atom is 0.228 e. The quantitative estimate of drug-likeness (QED) is 0.868. The van der Waals surface area contributed by atoms with E-state index in [2.05, 4.69) is 17.5 Å². The zero-order chi connectivity index (χ0) is 15.0. The van der Waals surface area contributed by atoms with Crippen LogP contribution in [0.2, 0.25) is 0 Å². The Morgan fingerprint density at radius 3 is 2.52 bits per heavy atom. The SMILES string of the molecule is COc1cc(OC)c(NC(=O)C2CC3C=CC2C3)cc1F. The number of hydrogen-bond acceptors (Lipinski definition) is 3. The van der Waals surface area contributed by atoms with E-state index < -0.39 is 5.82 Å². The van der Waals surface area contributed by atoms with Gasteiger partial charge in [-0.3, -0.25) is 4.79 Å². The van der Waals surface area contributed by atoms with E-state index in [1.807, 2.05) is 0 Å². The number of nitrogens with one attached hydrogen (secondary N) is 1. The highest BCUT2D eigenvalue weighted by molar-refractivity contribution is 5.94. The van der Waals surface area contributed by atoms with Crippen LogP contribution in [0.4, 0.5) is 10.1 Å². The highest BCUT2D eigenvalue weighted by Crippen LogP contribution is 2.44. The van der Waals surface area contributed by atoms with Gasteiger partial charge < -0.3 is 14.8 Å².